The van der Waals surface area contributed by atoms with Crippen molar-refractivity contribution in [3.05, 3.63) is 70.0 Å². The summed E-state index contributed by atoms with van der Waals surface area (Å²) in [7, 11) is 1.51. The van der Waals surface area contributed by atoms with Crippen molar-refractivity contribution in [2.45, 2.75) is 17.1 Å². The van der Waals surface area contributed by atoms with Crippen LogP contribution in [-0.2, 0) is 23.9 Å². The van der Waals surface area contributed by atoms with Gasteiger partial charge in [-0.3, -0.25) is 9.36 Å². The normalized spacial score (nSPS) is 12.8. The zero-order valence-electron chi connectivity index (χ0n) is 16.8. The highest BCUT2D eigenvalue weighted by atomic mass is 32.2. The summed E-state index contributed by atoms with van der Waals surface area (Å²) in [6.07, 6.45) is -3.23. The standard InChI is InChI=1S/C21H16F3N3O3S2/c1-30-13-9-7-12(8-10-13)11-27-17(14-5-3-4-6-15(14)21(22,23)24)26-18-16(19(27)28)25-20(31-18)32(2)29/h3-10H,11H2,1-2H3. The molecule has 0 aliphatic heterocycles. The van der Waals surface area contributed by atoms with Crippen LogP contribution in [0.1, 0.15) is 11.1 Å². The first-order valence-corrected chi connectivity index (χ1v) is 11.6. The van der Waals surface area contributed by atoms with E-state index >= 15 is 0 Å². The van der Waals surface area contributed by atoms with E-state index in [2.05, 4.69) is 9.97 Å². The predicted molar refractivity (Wildman–Crippen MR) is 117 cm³/mol. The number of halogens is 3. The van der Waals surface area contributed by atoms with Crippen molar-refractivity contribution in [2.75, 3.05) is 13.4 Å². The number of fused-ring (bicyclic) bond motifs is 1. The second-order valence-electron chi connectivity index (χ2n) is 6.81. The van der Waals surface area contributed by atoms with E-state index < -0.39 is 28.5 Å². The molecule has 4 aromatic rings. The molecule has 2 aromatic carbocycles. The Morgan fingerprint density at radius 1 is 1.12 bits per heavy atom. The van der Waals surface area contributed by atoms with Crippen LogP contribution in [0.4, 0.5) is 13.2 Å². The van der Waals surface area contributed by atoms with E-state index in [1.54, 1.807) is 24.3 Å². The monoisotopic (exact) mass is 479 g/mol. The van der Waals surface area contributed by atoms with Gasteiger partial charge in [-0.1, -0.05) is 30.3 Å². The van der Waals surface area contributed by atoms with Crippen molar-refractivity contribution in [2.24, 2.45) is 0 Å². The van der Waals surface area contributed by atoms with Gasteiger partial charge in [0.15, 0.2) is 10.3 Å². The van der Waals surface area contributed by atoms with Crippen LogP contribution < -0.4 is 10.3 Å². The van der Waals surface area contributed by atoms with Crippen molar-refractivity contribution in [3.8, 4) is 17.1 Å². The molecule has 0 aliphatic rings. The van der Waals surface area contributed by atoms with Gasteiger partial charge in [-0.15, -0.1) is 0 Å². The van der Waals surface area contributed by atoms with E-state index in [-0.39, 0.29) is 32.6 Å². The number of hydrogen-bond donors (Lipinski definition) is 0. The highest BCUT2D eigenvalue weighted by Gasteiger charge is 2.35. The second-order valence-corrected chi connectivity index (χ2v) is 9.34. The third-order valence-corrected chi connectivity index (χ3v) is 7.00. The summed E-state index contributed by atoms with van der Waals surface area (Å²) < 4.78 is 59.5. The highest BCUT2D eigenvalue weighted by molar-refractivity contribution is 7.92. The minimum atomic E-state index is -4.64. The number of ether oxygens (including phenoxy) is 1. The van der Waals surface area contributed by atoms with Gasteiger partial charge in [0.2, 0.25) is 0 Å². The van der Waals surface area contributed by atoms with Gasteiger partial charge in [0.05, 0.1) is 19.2 Å². The Morgan fingerprint density at radius 2 is 1.81 bits per heavy atom. The van der Waals surface area contributed by atoms with Gasteiger partial charge < -0.3 is 9.29 Å². The van der Waals surface area contributed by atoms with Crippen LogP contribution in [0.25, 0.3) is 21.7 Å². The highest BCUT2D eigenvalue weighted by Crippen LogP contribution is 2.37. The van der Waals surface area contributed by atoms with E-state index in [0.717, 1.165) is 22.0 Å². The van der Waals surface area contributed by atoms with E-state index in [1.165, 1.54) is 31.6 Å². The van der Waals surface area contributed by atoms with Gasteiger partial charge in [-0.25, -0.2) is 4.98 Å². The summed E-state index contributed by atoms with van der Waals surface area (Å²) in [5, 5.41) is 0. The molecular weight excluding hydrogens is 463 g/mol. The number of hydrogen-bond acceptors (Lipinski definition) is 6. The maximum absolute atomic E-state index is 13.7. The molecular formula is C21H16F3N3O3S2. The first-order valence-electron chi connectivity index (χ1n) is 9.23. The number of thiazole rings is 1. The van der Waals surface area contributed by atoms with Gasteiger partial charge in [0, 0.05) is 16.7 Å². The third kappa shape index (κ3) is 4.23. The number of rotatable bonds is 5. The Hall–Kier alpha value is -2.89. The molecule has 1 unspecified atom stereocenters. The van der Waals surface area contributed by atoms with Gasteiger partial charge in [-0.2, -0.15) is 18.2 Å². The van der Waals surface area contributed by atoms with Gasteiger partial charge in [-0.05, 0) is 35.1 Å². The summed E-state index contributed by atoms with van der Waals surface area (Å²) >= 11 is -0.534. The van der Waals surface area contributed by atoms with E-state index in [9.17, 15) is 22.5 Å². The SMILES string of the molecule is COc1ccc(Cn2c(-c3ccccc3C(F)(F)F)nc3sc([S+](C)[O-])nc3c2=O)cc1. The van der Waals surface area contributed by atoms with E-state index in [4.69, 9.17) is 4.74 Å². The quantitative estimate of drug-likeness (QED) is 0.398. The van der Waals surface area contributed by atoms with Crippen LogP contribution >= 0.6 is 11.3 Å². The first kappa shape index (κ1) is 22.3. The van der Waals surface area contributed by atoms with Crippen LogP contribution in [0.2, 0.25) is 0 Å². The zero-order chi connectivity index (χ0) is 23.0. The molecule has 0 amide bonds. The molecule has 2 aromatic heterocycles. The van der Waals surface area contributed by atoms with Crippen LogP contribution in [0.15, 0.2) is 57.7 Å². The average molecular weight is 480 g/mol. The first-order chi connectivity index (χ1) is 15.2. The minimum absolute atomic E-state index is 0.0260. The van der Waals surface area contributed by atoms with Crippen LogP contribution in [-0.4, -0.2) is 32.5 Å². The number of alkyl halides is 3. The topological polar surface area (TPSA) is 80.1 Å². The molecule has 0 saturated heterocycles. The Morgan fingerprint density at radius 3 is 2.44 bits per heavy atom. The van der Waals surface area contributed by atoms with Gasteiger partial charge in [0.25, 0.3) is 5.56 Å². The molecule has 11 heteroatoms. The van der Waals surface area contributed by atoms with Crippen molar-refractivity contribution >= 4 is 32.9 Å². The van der Waals surface area contributed by atoms with Crippen molar-refractivity contribution < 1.29 is 22.5 Å². The van der Waals surface area contributed by atoms with Gasteiger partial charge >= 0.3 is 10.5 Å². The fourth-order valence-electron chi connectivity index (χ4n) is 3.20. The van der Waals surface area contributed by atoms with Gasteiger partial charge in [0.1, 0.15) is 17.8 Å². The lowest BCUT2D eigenvalue weighted by Gasteiger charge is -2.16. The lowest BCUT2D eigenvalue weighted by molar-refractivity contribution is -0.137. The van der Waals surface area contributed by atoms with E-state index in [0.29, 0.717) is 11.3 Å². The lowest BCUT2D eigenvalue weighted by atomic mass is 10.1. The Bertz CT molecular complexity index is 1330. The lowest BCUT2D eigenvalue weighted by Crippen LogP contribution is -2.25. The molecule has 0 saturated carbocycles. The second kappa shape index (κ2) is 8.57. The molecule has 32 heavy (non-hydrogen) atoms. The molecule has 0 N–H and O–H groups in total. The molecule has 2 heterocycles. The Labute approximate surface area is 187 Å². The Kier molecular flexibility index (Phi) is 5.97. The summed E-state index contributed by atoms with van der Waals surface area (Å²) in [5.74, 6) is 0.468. The largest absolute Gasteiger partial charge is 0.610 e. The van der Waals surface area contributed by atoms with Crippen LogP contribution in [0.5, 0.6) is 5.75 Å². The fraction of sp³-hybridized carbons (Fsp3) is 0.190. The maximum Gasteiger partial charge on any atom is 0.417 e. The van der Waals surface area contributed by atoms with Crippen molar-refractivity contribution in [3.63, 3.8) is 0 Å². The molecule has 166 valence electrons. The summed E-state index contributed by atoms with van der Waals surface area (Å²) in [6, 6.07) is 11.8. The number of nitrogens with zero attached hydrogens (tertiary/aromatic N) is 3. The minimum Gasteiger partial charge on any atom is -0.610 e. The third-order valence-electron chi connectivity index (χ3n) is 4.72. The predicted octanol–water partition coefficient (Wildman–Crippen LogP) is 4.33. The van der Waals surface area contributed by atoms with Crippen LogP contribution in [0, 0.1) is 0 Å². The summed E-state index contributed by atoms with van der Waals surface area (Å²) in [5.41, 5.74) is -1.10. The fourth-order valence-corrected chi connectivity index (χ4v) is 4.79. The summed E-state index contributed by atoms with van der Waals surface area (Å²) in [4.78, 5) is 21.9. The zero-order valence-corrected chi connectivity index (χ0v) is 18.5. The maximum atomic E-state index is 13.7. The molecule has 0 bridgehead atoms. The number of aromatic nitrogens is 3. The molecule has 0 fully saturated rings. The molecule has 0 aliphatic carbocycles. The Balaban J connectivity index is 1.98. The molecule has 4 rings (SSSR count). The smallest absolute Gasteiger partial charge is 0.417 e. The average Bonchev–Trinajstić information content (AvgIpc) is 3.20. The molecule has 0 radical (unpaired) electrons. The molecule has 6 nitrogen and oxygen atoms in total. The van der Waals surface area contributed by atoms with Crippen LogP contribution in [0.3, 0.4) is 0 Å². The van der Waals surface area contributed by atoms with E-state index in [1.807, 2.05) is 0 Å². The number of methoxy groups -OCH3 is 1. The molecule has 0 spiro atoms. The van der Waals surface area contributed by atoms with Crippen molar-refractivity contribution in [1.29, 1.82) is 0 Å². The summed E-state index contributed by atoms with van der Waals surface area (Å²) in [6.45, 7) is -0.0324. The number of benzene rings is 2. The molecule has 1 atom stereocenters. The van der Waals surface area contributed by atoms with Crippen molar-refractivity contribution in [1.82, 2.24) is 14.5 Å².